The first-order valence-electron chi connectivity index (χ1n) is 9.78. The topological polar surface area (TPSA) is 80.0 Å². The van der Waals surface area contributed by atoms with Crippen LogP contribution >= 0.6 is 0 Å². The average molecular weight is 432 g/mol. The number of carbonyl (C=O) groups excluding carboxylic acids is 1. The van der Waals surface area contributed by atoms with Gasteiger partial charge in [-0.1, -0.05) is 37.2 Å². The molecule has 9 heteroatoms. The fourth-order valence-electron chi connectivity index (χ4n) is 2.78. The maximum atomic E-state index is 12.9. The molecule has 2 heterocycles. The predicted molar refractivity (Wildman–Crippen MR) is 110 cm³/mol. The van der Waals surface area contributed by atoms with Gasteiger partial charge in [0, 0.05) is 24.3 Å². The third kappa shape index (κ3) is 5.42. The summed E-state index contributed by atoms with van der Waals surface area (Å²) in [5, 5.41) is 9.89. The number of pyridine rings is 1. The Labute approximate surface area is 177 Å². The summed E-state index contributed by atoms with van der Waals surface area (Å²) in [6.45, 7) is 5.98. The molecule has 3 rings (SSSR count). The summed E-state index contributed by atoms with van der Waals surface area (Å²) in [5.41, 5.74) is 0.117. The van der Waals surface area contributed by atoms with E-state index in [2.05, 4.69) is 20.8 Å². The van der Waals surface area contributed by atoms with Gasteiger partial charge in [0.15, 0.2) is 11.5 Å². The van der Waals surface area contributed by atoms with E-state index in [1.807, 2.05) is 20.8 Å². The maximum Gasteiger partial charge on any atom is 0.416 e. The second-order valence-corrected chi connectivity index (χ2v) is 7.49. The molecule has 1 amide bonds. The van der Waals surface area contributed by atoms with Gasteiger partial charge in [-0.15, -0.1) is 0 Å². The molecule has 3 aromatic rings. The molecule has 0 aliphatic heterocycles. The molecule has 0 saturated carbocycles. The van der Waals surface area contributed by atoms with Crippen molar-refractivity contribution in [2.45, 2.75) is 39.5 Å². The van der Waals surface area contributed by atoms with E-state index in [0.29, 0.717) is 16.9 Å². The number of amides is 1. The third-order valence-corrected chi connectivity index (χ3v) is 4.95. The standard InChI is InChI=1S/C22H23F3N4O2/c1-13(2)14(3)28-21(30)19-17(12-27-18-6-4-5-11-26-18)20(31-29-19)15-7-9-16(10-8-15)22(23,24)25/h4-11,13-14H,12H2,1-3H3,(H,26,27)(H,28,30)/t14-/m0/s1. The van der Waals surface area contributed by atoms with E-state index in [0.717, 1.165) is 12.1 Å². The van der Waals surface area contributed by atoms with Crippen molar-refractivity contribution in [3.63, 3.8) is 0 Å². The average Bonchev–Trinajstić information content (AvgIpc) is 3.16. The zero-order valence-electron chi connectivity index (χ0n) is 17.3. The lowest BCUT2D eigenvalue weighted by atomic mass is 10.0. The van der Waals surface area contributed by atoms with Gasteiger partial charge in [0.25, 0.3) is 5.91 Å². The molecule has 2 N–H and O–H groups in total. The van der Waals surface area contributed by atoms with Gasteiger partial charge in [-0.25, -0.2) is 4.98 Å². The van der Waals surface area contributed by atoms with Gasteiger partial charge in [-0.2, -0.15) is 13.2 Å². The molecular formula is C22H23F3N4O2. The number of benzene rings is 1. The van der Waals surface area contributed by atoms with Crippen LogP contribution in [0.3, 0.4) is 0 Å². The third-order valence-electron chi connectivity index (χ3n) is 4.95. The highest BCUT2D eigenvalue weighted by Gasteiger charge is 2.31. The molecule has 164 valence electrons. The maximum absolute atomic E-state index is 12.9. The Morgan fingerprint density at radius 2 is 1.81 bits per heavy atom. The van der Waals surface area contributed by atoms with E-state index < -0.39 is 17.6 Å². The minimum absolute atomic E-state index is 0.0748. The smallest absolute Gasteiger partial charge is 0.366 e. The molecule has 0 aliphatic rings. The zero-order valence-corrected chi connectivity index (χ0v) is 17.3. The Morgan fingerprint density at radius 1 is 1.10 bits per heavy atom. The van der Waals surface area contributed by atoms with E-state index in [4.69, 9.17) is 4.52 Å². The molecular weight excluding hydrogens is 409 g/mol. The molecule has 31 heavy (non-hydrogen) atoms. The second-order valence-electron chi connectivity index (χ2n) is 7.49. The Balaban J connectivity index is 1.94. The first-order valence-corrected chi connectivity index (χ1v) is 9.78. The van der Waals surface area contributed by atoms with Gasteiger partial charge in [-0.05, 0) is 37.1 Å². The number of hydrogen-bond acceptors (Lipinski definition) is 5. The SMILES string of the molecule is CC(C)[C@H](C)NC(=O)c1noc(-c2ccc(C(F)(F)F)cc2)c1CNc1ccccn1. The van der Waals surface area contributed by atoms with Gasteiger partial charge in [0.2, 0.25) is 0 Å². The highest BCUT2D eigenvalue weighted by atomic mass is 19.4. The van der Waals surface area contributed by atoms with Crippen molar-refractivity contribution < 1.29 is 22.5 Å². The Morgan fingerprint density at radius 3 is 2.39 bits per heavy atom. The van der Waals surface area contributed by atoms with E-state index in [1.54, 1.807) is 24.4 Å². The molecule has 0 saturated heterocycles. The van der Waals surface area contributed by atoms with Gasteiger partial charge in [0.1, 0.15) is 5.82 Å². The number of nitrogens with zero attached hydrogens (tertiary/aromatic N) is 2. The number of anilines is 1. The fraction of sp³-hybridized carbons (Fsp3) is 0.318. The first-order chi connectivity index (χ1) is 14.7. The highest BCUT2D eigenvalue weighted by molar-refractivity contribution is 5.95. The van der Waals surface area contributed by atoms with Crippen LogP contribution in [-0.4, -0.2) is 22.1 Å². The molecule has 0 unspecified atom stereocenters. The molecule has 0 aliphatic carbocycles. The molecule has 6 nitrogen and oxygen atoms in total. The normalized spacial score (nSPS) is 12.6. The fourth-order valence-corrected chi connectivity index (χ4v) is 2.78. The quantitative estimate of drug-likeness (QED) is 0.540. The molecule has 0 fully saturated rings. The first kappa shape index (κ1) is 22.3. The summed E-state index contributed by atoms with van der Waals surface area (Å²) in [4.78, 5) is 17.0. The number of rotatable bonds is 7. The monoisotopic (exact) mass is 432 g/mol. The van der Waals surface area contributed by atoms with Gasteiger partial charge in [-0.3, -0.25) is 4.79 Å². The summed E-state index contributed by atoms with van der Waals surface area (Å²) in [7, 11) is 0. The molecule has 2 aromatic heterocycles. The number of halogens is 3. The van der Waals surface area contributed by atoms with Crippen LogP contribution < -0.4 is 10.6 Å². The summed E-state index contributed by atoms with van der Waals surface area (Å²) >= 11 is 0. The van der Waals surface area contributed by atoms with Gasteiger partial charge < -0.3 is 15.2 Å². The summed E-state index contributed by atoms with van der Waals surface area (Å²) in [6.07, 6.45) is -2.83. The largest absolute Gasteiger partial charge is 0.416 e. The van der Waals surface area contributed by atoms with Crippen LogP contribution in [0, 0.1) is 5.92 Å². The van der Waals surface area contributed by atoms with Gasteiger partial charge in [0.05, 0.1) is 11.1 Å². The van der Waals surface area contributed by atoms with E-state index in [1.165, 1.54) is 12.1 Å². The number of hydrogen-bond donors (Lipinski definition) is 2. The van der Waals surface area contributed by atoms with Crippen molar-refractivity contribution in [1.29, 1.82) is 0 Å². The van der Waals surface area contributed by atoms with Crippen LogP contribution in [0.15, 0.2) is 53.2 Å². The summed E-state index contributed by atoms with van der Waals surface area (Å²) < 4.78 is 44.1. The lowest BCUT2D eigenvalue weighted by Crippen LogP contribution is -2.36. The molecule has 0 bridgehead atoms. The van der Waals surface area contributed by atoms with Crippen molar-refractivity contribution in [1.82, 2.24) is 15.5 Å². The molecule has 1 atom stereocenters. The molecule has 0 radical (unpaired) electrons. The minimum Gasteiger partial charge on any atom is -0.366 e. The van der Waals surface area contributed by atoms with Crippen molar-refractivity contribution in [3.05, 3.63) is 65.5 Å². The van der Waals surface area contributed by atoms with Crippen molar-refractivity contribution in [2.24, 2.45) is 5.92 Å². The van der Waals surface area contributed by atoms with Crippen LogP contribution in [-0.2, 0) is 12.7 Å². The lowest BCUT2D eigenvalue weighted by Gasteiger charge is -2.17. The second kappa shape index (κ2) is 9.20. The van der Waals surface area contributed by atoms with Crippen LogP contribution in [0.25, 0.3) is 11.3 Å². The Hall–Kier alpha value is -3.36. The Bertz CT molecular complexity index is 1020. The van der Waals surface area contributed by atoms with Crippen LogP contribution in [0.5, 0.6) is 0 Å². The lowest BCUT2D eigenvalue weighted by molar-refractivity contribution is -0.137. The van der Waals surface area contributed by atoms with E-state index in [-0.39, 0.29) is 30.0 Å². The highest BCUT2D eigenvalue weighted by Crippen LogP contribution is 2.33. The van der Waals surface area contributed by atoms with Crippen molar-refractivity contribution in [2.75, 3.05) is 5.32 Å². The number of alkyl halides is 3. The molecule has 0 spiro atoms. The summed E-state index contributed by atoms with van der Waals surface area (Å²) in [6, 6.07) is 9.75. The van der Waals surface area contributed by atoms with Crippen LogP contribution in [0.2, 0.25) is 0 Å². The van der Waals surface area contributed by atoms with E-state index >= 15 is 0 Å². The van der Waals surface area contributed by atoms with Crippen LogP contribution in [0.4, 0.5) is 19.0 Å². The zero-order chi connectivity index (χ0) is 22.6. The number of nitrogens with one attached hydrogen (secondary N) is 2. The van der Waals surface area contributed by atoms with Crippen LogP contribution in [0.1, 0.15) is 42.4 Å². The minimum atomic E-state index is -4.44. The number of carbonyl (C=O) groups is 1. The number of aromatic nitrogens is 2. The Kier molecular flexibility index (Phi) is 6.62. The van der Waals surface area contributed by atoms with E-state index in [9.17, 15) is 18.0 Å². The predicted octanol–water partition coefficient (Wildman–Crippen LogP) is 5.14. The van der Waals surface area contributed by atoms with Crippen molar-refractivity contribution in [3.8, 4) is 11.3 Å². The summed E-state index contributed by atoms with van der Waals surface area (Å²) in [5.74, 6) is 0.588. The van der Waals surface area contributed by atoms with Crippen molar-refractivity contribution >= 4 is 11.7 Å². The molecule has 1 aromatic carbocycles. The van der Waals surface area contributed by atoms with Gasteiger partial charge >= 0.3 is 6.18 Å².